The maximum atomic E-state index is 12.9. The number of amides is 2. The summed E-state index contributed by atoms with van der Waals surface area (Å²) in [4.78, 5) is 25.4. The number of nitrogens with one attached hydrogen (secondary N) is 2. The van der Waals surface area contributed by atoms with Crippen molar-refractivity contribution in [2.45, 2.75) is 4.90 Å². The topological polar surface area (TPSA) is 105 Å². The van der Waals surface area contributed by atoms with E-state index in [4.69, 9.17) is 16.3 Å². The van der Waals surface area contributed by atoms with Crippen LogP contribution in [0.5, 0.6) is 5.75 Å². The molecule has 3 aromatic rings. The molecular formula is C23H22ClN3O5S. The molecule has 0 saturated carbocycles. The van der Waals surface area contributed by atoms with Crippen LogP contribution in [0.25, 0.3) is 0 Å². The first-order valence-electron chi connectivity index (χ1n) is 9.71. The van der Waals surface area contributed by atoms with Crippen LogP contribution in [0.1, 0.15) is 20.7 Å². The zero-order chi connectivity index (χ0) is 24.2. The number of carbonyl (C=O) groups is 2. The van der Waals surface area contributed by atoms with Gasteiger partial charge in [-0.25, -0.2) is 12.7 Å². The summed E-state index contributed by atoms with van der Waals surface area (Å²) in [6, 6.07) is 17.2. The van der Waals surface area contributed by atoms with Crippen molar-refractivity contribution in [2.75, 3.05) is 31.8 Å². The number of carbonyl (C=O) groups excluding carboxylic acids is 2. The standard InChI is InChI=1S/C23H22ClN3O5S/c1-27(2)33(30,31)21-14-16(10-13-20(21)32-3)23(29)26-19-7-5-4-6-18(19)25-22(28)15-8-11-17(24)12-9-15/h4-14H,1-3H3,(H,25,28)(H,26,29). The van der Waals surface area contributed by atoms with Gasteiger partial charge in [-0.2, -0.15) is 0 Å². The lowest BCUT2D eigenvalue weighted by Gasteiger charge is -2.16. The Kier molecular flexibility index (Phi) is 7.37. The highest BCUT2D eigenvalue weighted by Gasteiger charge is 2.24. The van der Waals surface area contributed by atoms with Crippen LogP contribution in [-0.4, -0.2) is 45.7 Å². The Bertz CT molecular complexity index is 1290. The van der Waals surface area contributed by atoms with E-state index in [-0.39, 0.29) is 22.1 Å². The SMILES string of the molecule is COc1ccc(C(=O)Nc2ccccc2NC(=O)c2ccc(Cl)cc2)cc1S(=O)(=O)N(C)C. The van der Waals surface area contributed by atoms with Crippen molar-refractivity contribution in [1.82, 2.24) is 4.31 Å². The van der Waals surface area contributed by atoms with E-state index in [1.54, 1.807) is 48.5 Å². The highest BCUT2D eigenvalue weighted by atomic mass is 35.5. The smallest absolute Gasteiger partial charge is 0.255 e. The number of rotatable bonds is 7. The minimum atomic E-state index is -3.84. The number of para-hydroxylation sites is 2. The molecule has 0 spiro atoms. The number of methoxy groups -OCH3 is 1. The number of hydrogen-bond acceptors (Lipinski definition) is 5. The van der Waals surface area contributed by atoms with E-state index >= 15 is 0 Å². The van der Waals surface area contributed by atoms with Gasteiger partial charge in [0, 0.05) is 30.2 Å². The Labute approximate surface area is 197 Å². The van der Waals surface area contributed by atoms with Crippen LogP contribution in [0, 0.1) is 0 Å². The summed E-state index contributed by atoms with van der Waals surface area (Å²) < 4.78 is 31.5. The van der Waals surface area contributed by atoms with E-state index in [0.717, 1.165) is 4.31 Å². The molecule has 0 heterocycles. The quantitative estimate of drug-likeness (QED) is 0.522. The molecule has 0 radical (unpaired) electrons. The summed E-state index contributed by atoms with van der Waals surface area (Å²) in [5.74, 6) is -0.811. The molecule has 0 saturated heterocycles. The average molecular weight is 488 g/mol. The minimum absolute atomic E-state index is 0.107. The predicted octanol–water partition coefficient (Wildman–Crippen LogP) is 4.10. The van der Waals surface area contributed by atoms with Gasteiger partial charge in [-0.3, -0.25) is 9.59 Å². The van der Waals surface area contributed by atoms with Crippen molar-refractivity contribution in [2.24, 2.45) is 0 Å². The number of halogens is 1. The summed E-state index contributed by atoms with van der Waals surface area (Å²) in [5, 5.41) is 5.98. The van der Waals surface area contributed by atoms with Crippen LogP contribution in [0.4, 0.5) is 11.4 Å². The lowest BCUT2D eigenvalue weighted by atomic mass is 10.1. The van der Waals surface area contributed by atoms with Gasteiger partial charge >= 0.3 is 0 Å². The lowest BCUT2D eigenvalue weighted by molar-refractivity contribution is 0.101. The second kappa shape index (κ2) is 10.0. The first-order chi connectivity index (χ1) is 15.6. The van der Waals surface area contributed by atoms with E-state index in [1.165, 1.54) is 39.4 Å². The second-order valence-corrected chi connectivity index (χ2v) is 9.67. The van der Waals surface area contributed by atoms with E-state index in [2.05, 4.69) is 10.6 Å². The summed E-state index contributed by atoms with van der Waals surface area (Å²) >= 11 is 5.87. The number of sulfonamides is 1. The molecule has 33 heavy (non-hydrogen) atoms. The number of ether oxygens (including phenoxy) is 1. The number of benzene rings is 3. The molecule has 0 aliphatic carbocycles. The molecule has 0 aliphatic rings. The van der Waals surface area contributed by atoms with E-state index in [0.29, 0.717) is 22.0 Å². The van der Waals surface area contributed by atoms with Crippen molar-refractivity contribution >= 4 is 44.8 Å². The van der Waals surface area contributed by atoms with Gasteiger partial charge in [-0.05, 0) is 54.6 Å². The minimum Gasteiger partial charge on any atom is -0.495 e. The molecule has 172 valence electrons. The molecule has 0 bridgehead atoms. The third-order valence-corrected chi connectivity index (χ3v) is 6.80. The fraction of sp³-hybridized carbons (Fsp3) is 0.130. The van der Waals surface area contributed by atoms with Crippen LogP contribution < -0.4 is 15.4 Å². The van der Waals surface area contributed by atoms with Crippen molar-refractivity contribution in [3.8, 4) is 5.75 Å². The Morgan fingerprint density at radius 2 is 1.36 bits per heavy atom. The van der Waals surface area contributed by atoms with Gasteiger partial charge in [0.2, 0.25) is 10.0 Å². The molecule has 10 heteroatoms. The molecule has 3 aromatic carbocycles. The largest absolute Gasteiger partial charge is 0.495 e. The zero-order valence-corrected chi connectivity index (χ0v) is 19.7. The fourth-order valence-corrected chi connectivity index (χ4v) is 4.11. The van der Waals surface area contributed by atoms with Gasteiger partial charge in [0.1, 0.15) is 10.6 Å². The predicted molar refractivity (Wildman–Crippen MR) is 128 cm³/mol. The summed E-state index contributed by atoms with van der Waals surface area (Å²) in [6.45, 7) is 0. The van der Waals surface area contributed by atoms with Gasteiger partial charge in [-0.1, -0.05) is 23.7 Å². The lowest BCUT2D eigenvalue weighted by Crippen LogP contribution is -2.23. The maximum Gasteiger partial charge on any atom is 0.255 e. The van der Waals surface area contributed by atoms with Gasteiger partial charge in [-0.15, -0.1) is 0 Å². The Balaban J connectivity index is 1.87. The van der Waals surface area contributed by atoms with Crippen molar-refractivity contribution < 1.29 is 22.7 Å². The normalized spacial score (nSPS) is 11.2. The van der Waals surface area contributed by atoms with Crippen molar-refractivity contribution in [3.05, 3.63) is 82.9 Å². The Morgan fingerprint density at radius 3 is 1.88 bits per heavy atom. The van der Waals surface area contributed by atoms with Crippen molar-refractivity contribution in [1.29, 1.82) is 0 Å². The van der Waals surface area contributed by atoms with Crippen molar-refractivity contribution in [3.63, 3.8) is 0 Å². The number of hydrogen-bond donors (Lipinski definition) is 2. The summed E-state index contributed by atoms with van der Waals surface area (Å²) in [5.41, 5.74) is 1.22. The van der Waals surface area contributed by atoms with Crippen LogP contribution >= 0.6 is 11.6 Å². The fourth-order valence-electron chi connectivity index (χ4n) is 2.91. The Hall–Kier alpha value is -3.40. The van der Waals surface area contributed by atoms with E-state index in [9.17, 15) is 18.0 Å². The third kappa shape index (κ3) is 5.51. The average Bonchev–Trinajstić information content (AvgIpc) is 2.80. The molecule has 0 fully saturated rings. The van der Waals surface area contributed by atoms with Gasteiger partial charge in [0.15, 0.2) is 0 Å². The van der Waals surface area contributed by atoms with Gasteiger partial charge in [0.25, 0.3) is 11.8 Å². The zero-order valence-electron chi connectivity index (χ0n) is 18.1. The molecule has 0 unspecified atom stereocenters. The highest BCUT2D eigenvalue weighted by molar-refractivity contribution is 7.89. The number of nitrogens with zero attached hydrogens (tertiary/aromatic N) is 1. The first-order valence-corrected chi connectivity index (χ1v) is 11.5. The molecule has 0 atom stereocenters. The van der Waals surface area contributed by atoms with Crippen LogP contribution in [0.3, 0.4) is 0 Å². The monoisotopic (exact) mass is 487 g/mol. The summed E-state index contributed by atoms with van der Waals surface area (Å²) in [6.07, 6.45) is 0. The molecule has 2 N–H and O–H groups in total. The molecule has 8 nitrogen and oxygen atoms in total. The van der Waals surface area contributed by atoms with Gasteiger partial charge < -0.3 is 15.4 Å². The Morgan fingerprint density at radius 1 is 0.848 bits per heavy atom. The molecular weight excluding hydrogens is 466 g/mol. The van der Waals surface area contributed by atoms with Crippen LogP contribution in [0.15, 0.2) is 71.6 Å². The molecule has 0 aliphatic heterocycles. The van der Waals surface area contributed by atoms with E-state index in [1.807, 2.05) is 0 Å². The van der Waals surface area contributed by atoms with Gasteiger partial charge in [0.05, 0.1) is 18.5 Å². The van der Waals surface area contributed by atoms with E-state index < -0.39 is 15.9 Å². The molecule has 2 amide bonds. The summed E-state index contributed by atoms with van der Waals surface area (Å²) in [7, 11) is 0.286. The second-order valence-electron chi connectivity index (χ2n) is 7.11. The maximum absolute atomic E-state index is 12.9. The molecule has 0 aromatic heterocycles. The first kappa shape index (κ1) is 24.2. The van der Waals surface area contributed by atoms with Crippen LogP contribution in [0.2, 0.25) is 5.02 Å². The van der Waals surface area contributed by atoms with Crippen LogP contribution in [-0.2, 0) is 10.0 Å². The highest BCUT2D eigenvalue weighted by Crippen LogP contribution is 2.28. The number of anilines is 2. The third-order valence-electron chi connectivity index (χ3n) is 4.71. The molecule has 3 rings (SSSR count).